The van der Waals surface area contributed by atoms with Crippen LogP contribution in [0.25, 0.3) is 0 Å². The lowest BCUT2D eigenvalue weighted by Gasteiger charge is -2.46. The van der Waals surface area contributed by atoms with Crippen LogP contribution >= 0.6 is 0 Å². The third kappa shape index (κ3) is 3.23. The largest absolute Gasteiger partial charge is 0.480 e. The lowest BCUT2D eigenvalue weighted by molar-refractivity contribution is -0.139. The zero-order valence-electron chi connectivity index (χ0n) is 12.3. The lowest BCUT2D eigenvalue weighted by atomic mass is 9.84. The monoisotopic (exact) mass is 283 g/mol. The third-order valence-electron chi connectivity index (χ3n) is 4.64. The van der Waals surface area contributed by atoms with Gasteiger partial charge in [-0.15, -0.1) is 0 Å². The molecule has 20 heavy (non-hydrogen) atoms. The minimum atomic E-state index is -0.965. The van der Waals surface area contributed by atoms with E-state index in [2.05, 4.69) is 17.3 Å². The number of amides is 2. The summed E-state index contributed by atoms with van der Waals surface area (Å²) >= 11 is 0. The summed E-state index contributed by atoms with van der Waals surface area (Å²) in [4.78, 5) is 27.3. The highest BCUT2D eigenvalue weighted by atomic mass is 16.4. The molecule has 114 valence electrons. The van der Waals surface area contributed by atoms with E-state index in [1.54, 1.807) is 11.8 Å². The van der Waals surface area contributed by atoms with E-state index >= 15 is 0 Å². The van der Waals surface area contributed by atoms with Gasteiger partial charge in [0.05, 0.1) is 0 Å². The second-order valence-corrected chi connectivity index (χ2v) is 5.93. The SMILES string of the molecule is CC[C@@H](NC(=O)N1CCC2C(CCCN2C)C1)C(=O)O. The van der Waals surface area contributed by atoms with Crippen LogP contribution in [0.2, 0.25) is 0 Å². The third-order valence-corrected chi connectivity index (χ3v) is 4.64. The highest BCUT2D eigenvalue weighted by molar-refractivity contribution is 5.82. The predicted octanol–water partition coefficient (Wildman–Crippen LogP) is 0.975. The van der Waals surface area contributed by atoms with Gasteiger partial charge in [-0.05, 0) is 45.2 Å². The number of carbonyl (C=O) groups excluding carboxylic acids is 1. The summed E-state index contributed by atoms with van der Waals surface area (Å²) in [5, 5.41) is 11.6. The summed E-state index contributed by atoms with van der Waals surface area (Å²) in [6.45, 7) is 4.37. The summed E-state index contributed by atoms with van der Waals surface area (Å²) in [5.41, 5.74) is 0. The molecule has 0 radical (unpaired) electrons. The van der Waals surface area contributed by atoms with Crippen molar-refractivity contribution in [2.75, 3.05) is 26.7 Å². The second-order valence-electron chi connectivity index (χ2n) is 5.93. The Morgan fingerprint density at radius 3 is 2.75 bits per heavy atom. The van der Waals surface area contributed by atoms with Crippen LogP contribution < -0.4 is 5.32 Å². The molecule has 0 bridgehead atoms. The van der Waals surface area contributed by atoms with Crippen LogP contribution in [0.3, 0.4) is 0 Å². The first-order valence-electron chi connectivity index (χ1n) is 7.51. The molecule has 0 aromatic heterocycles. The molecule has 0 aromatic rings. The smallest absolute Gasteiger partial charge is 0.326 e. The first-order chi connectivity index (χ1) is 9.52. The van der Waals surface area contributed by atoms with E-state index < -0.39 is 12.0 Å². The van der Waals surface area contributed by atoms with Crippen molar-refractivity contribution in [2.24, 2.45) is 5.92 Å². The predicted molar refractivity (Wildman–Crippen MR) is 75.6 cm³/mol. The van der Waals surface area contributed by atoms with Crippen LogP contribution in [0.4, 0.5) is 4.79 Å². The molecule has 3 atom stereocenters. The number of likely N-dealkylation sites (tertiary alicyclic amines) is 2. The van der Waals surface area contributed by atoms with Crippen LogP contribution in [0.1, 0.15) is 32.6 Å². The number of nitrogens with one attached hydrogen (secondary N) is 1. The van der Waals surface area contributed by atoms with E-state index in [1.807, 2.05) is 0 Å². The number of hydrogen-bond acceptors (Lipinski definition) is 3. The normalized spacial score (nSPS) is 28.6. The van der Waals surface area contributed by atoms with E-state index in [1.165, 1.54) is 6.42 Å². The topological polar surface area (TPSA) is 72.9 Å². The van der Waals surface area contributed by atoms with Gasteiger partial charge in [0.25, 0.3) is 0 Å². The minimum Gasteiger partial charge on any atom is -0.480 e. The van der Waals surface area contributed by atoms with Crippen molar-refractivity contribution in [3.63, 3.8) is 0 Å². The summed E-state index contributed by atoms with van der Waals surface area (Å²) in [7, 11) is 2.16. The second kappa shape index (κ2) is 6.43. The lowest BCUT2D eigenvalue weighted by Crippen LogP contribution is -2.57. The molecule has 0 aromatic carbocycles. The maximum atomic E-state index is 12.2. The maximum absolute atomic E-state index is 12.2. The maximum Gasteiger partial charge on any atom is 0.326 e. The molecular weight excluding hydrogens is 258 g/mol. The van der Waals surface area contributed by atoms with Crippen molar-refractivity contribution in [3.05, 3.63) is 0 Å². The number of urea groups is 1. The Labute approximate surface area is 120 Å². The van der Waals surface area contributed by atoms with Crippen LogP contribution in [0.5, 0.6) is 0 Å². The van der Waals surface area contributed by atoms with Crippen molar-refractivity contribution in [1.29, 1.82) is 0 Å². The van der Waals surface area contributed by atoms with Crippen LogP contribution in [-0.4, -0.2) is 65.7 Å². The molecule has 2 fully saturated rings. The summed E-state index contributed by atoms with van der Waals surface area (Å²) in [5.74, 6) is -0.439. The van der Waals surface area contributed by atoms with Gasteiger partial charge in [0.15, 0.2) is 0 Å². The van der Waals surface area contributed by atoms with Gasteiger partial charge in [-0.25, -0.2) is 9.59 Å². The highest BCUT2D eigenvalue weighted by Crippen LogP contribution is 2.29. The number of nitrogens with zero attached hydrogens (tertiary/aromatic N) is 2. The Hall–Kier alpha value is -1.30. The van der Waals surface area contributed by atoms with Crippen LogP contribution in [-0.2, 0) is 4.79 Å². The molecule has 6 nitrogen and oxygen atoms in total. The van der Waals surface area contributed by atoms with Crippen LogP contribution in [0, 0.1) is 5.92 Å². The Kier molecular flexibility index (Phi) is 4.86. The summed E-state index contributed by atoms with van der Waals surface area (Å²) in [6.07, 6.45) is 3.73. The first-order valence-corrected chi connectivity index (χ1v) is 7.51. The standard InChI is InChI=1S/C14H25N3O3/c1-3-11(13(18)19)15-14(20)17-8-6-12-10(9-17)5-4-7-16(12)2/h10-12H,3-9H2,1-2H3,(H,15,20)(H,18,19)/t10?,11-,12?/m1/s1. The number of carboxylic acid groups (broad SMARTS) is 1. The van der Waals surface area contributed by atoms with Crippen molar-refractivity contribution >= 4 is 12.0 Å². The van der Waals surface area contributed by atoms with E-state index in [9.17, 15) is 9.59 Å². The van der Waals surface area contributed by atoms with Crippen LogP contribution in [0.15, 0.2) is 0 Å². The van der Waals surface area contributed by atoms with Gasteiger partial charge in [-0.1, -0.05) is 6.92 Å². The number of aliphatic carboxylic acids is 1. The molecule has 2 rings (SSSR count). The fourth-order valence-electron chi connectivity index (χ4n) is 3.42. The number of piperidine rings is 2. The molecule has 2 amide bonds. The number of rotatable bonds is 3. The highest BCUT2D eigenvalue weighted by Gasteiger charge is 2.36. The Morgan fingerprint density at radius 2 is 2.10 bits per heavy atom. The van der Waals surface area contributed by atoms with E-state index in [0.717, 1.165) is 25.9 Å². The number of carboxylic acids is 1. The molecule has 0 aliphatic carbocycles. The van der Waals surface area contributed by atoms with Gasteiger partial charge in [-0.2, -0.15) is 0 Å². The number of hydrogen-bond donors (Lipinski definition) is 2. The Bertz CT molecular complexity index is 375. The van der Waals surface area contributed by atoms with Crippen molar-refractivity contribution < 1.29 is 14.7 Å². The molecule has 2 heterocycles. The molecule has 2 N–H and O–H groups in total. The van der Waals surface area contributed by atoms with Crippen molar-refractivity contribution in [1.82, 2.24) is 15.1 Å². The van der Waals surface area contributed by atoms with Crippen molar-refractivity contribution in [2.45, 2.75) is 44.7 Å². The fourth-order valence-corrected chi connectivity index (χ4v) is 3.42. The van der Waals surface area contributed by atoms with Crippen molar-refractivity contribution in [3.8, 4) is 0 Å². The summed E-state index contributed by atoms with van der Waals surface area (Å²) < 4.78 is 0. The van der Waals surface area contributed by atoms with E-state index in [-0.39, 0.29) is 6.03 Å². The van der Waals surface area contributed by atoms with Gasteiger partial charge < -0.3 is 20.2 Å². The van der Waals surface area contributed by atoms with E-state index in [0.29, 0.717) is 24.9 Å². The molecule has 0 spiro atoms. The number of fused-ring (bicyclic) bond motifs is 1. The zero-order chi connectivity index (χ0) is 14.7. The van der Waals surface area contributed by atoms with Gasteiger partial charge in [0.2, 0.25) is 0 Å². The van der Waals surface area contributed by atoms with Gasteiger partial charge in [0, 0.05) is 19.1 Å². The quantitative estimate of drug-likeness (QED) is 0.809. The number of carbonyl (C=O) groups is 2. The molecule has 2 aliphatic heterocycles. The molecular formula is C14H25N3O3. The first kappa shape index (κ1) is 15.1. The molecule has 0 saturated carbocycles. The molecule has 2 aliphatic rings. The van der Waals surface area contributed by atoms with Gasteiger partial charge in [0.1, 0.15) is 6.04 Å². The molecule has 2 unspecified atom stereocenters. The average Bonchev–Trinajstić information content (AvgIpc) is 2.44. The van der Waals surface area contributed by atoms with Gasteiger partial charge >= 0.3 is 12.0 Å². The molecule has 2 saturated heterocycles. The van der Waals surface area contributed by atoms with E-state index in [4.69, 9.17) is 5.11 Å². The summed E-state index contributed by atoms with van der Waals surface area (Å²) in [6, 6.07) is -0.436. The minimum absolute atomic E-state index is 0.231. The Balaban J connectivity index is 1.91. The molecule has 6 heteroatoms. The average molecular weight is 283 g/mol. The van der Waals surface area contributed by atoms with Gasteiger partial charge in [-0.3, -0.25) is 0 Å². The zero-order valence-corrected chi connectivity index (χ0v) is 12.3. The Morgan fingerprint density at radius 1 is 1.35 bits per heavy atom. The fraction of sp³-hybridized carbons (Fsp3) is 0.857.